The van der Waals surface area contributed by atoms with Crippen LogP contribution in [0.3, 0.4) is 0 Å². The van der Waals surface area contributed by atoms with Gasteiger partial charge in [-0.2, -0.15) is 0 Å². The molecule has 0 atom stereocenters. The zero-order valence-corrected chi connectivity index (χ0v) is 11.6. The number of benzene rings is 1. The molecule has 17 heavy (non-hydrogen) atoms. The molecule has 1 aromatic carbocycles. The molecule has 0 unspecified atom stereocenters. The van der Waals surface area contributed by atoms with Gasteiger partial charge in [0.2, 0.25) is 9.05 Å². The largest absolute Gasteiger partial charge is 0.493 e. The molecule has 0 saturated carbocycles. The van der Waals surface area contributed by atoms with Crippen LogP contribution in [-0.2, 0) is 9.05 Å². The van der Waals surface area contributed by atoms with E-state index in [4.69, 9.17) is 15.4 Å². The van der Waals surface area contributed by atoms with Crippen molar-refractivity contribution in [2.75, 3.05) is 12.4 Å². The highest BCUT2D eigenvalue weighted by Crippen LogP contribution is 2.20. The number of rotatable bonds is 6. The molecule has 0 bridgehead atoms. The minimum Gasteiger partial charge on any atom is -0.493 e. The Labute approximate surface area is 107 Å². The van der Waals surface area contributed by atoms with E-state index in [1.54, 1.807) is 0 Å². The molecule has 0 aliphatic carbocycles. The van der Waals surface area contributed by atoms with E-state index in [-0.39, 0.29) is 5.75 Å². The van der Waals surface area contributed by atoms with Crippen LogP contribution in [0.5, 0.6) is 5.75 Å². The summed E-state index contributed by atoms with van der Waals surface area (Å²) < 4.78 is 27.0. The third-order valence-corrected chi connectivity index (χ3v) is 3.83. The quantitative estimate of drug-likeness (QED) is 0.592. The van der Waals surface area contributed by atoms with Crippen LogP contribution in [0, 0.1) is 13.8 Å². The first-order valence-electron chi connectivity index (χ1n) is 5.51. The molecule has 0 heterocycles. The molecule has 1 rings (SSSR count). The Balaban J connectivity index is 2.34. The van der Waals surface area contributed by atoms with Gasteiger partial charge in [-0.3, -0.25) is 0 Å². The molecule has 0 aromatic heterocycles. The number of unbranched alkanes of at least 4 members (excludes halogenated alkanes) is 1. The van der Waals surface area contributed by atoms with Gasteiger partial charge in [0.1, 0.15) is 5.75 Å². The van der Waals surface area contributed by atoms with Crippen LogP contribution in [-0.4, -0.2) is 20.8 Å². The monoisotopic (exact) mass is 276 g/mol. The van der Waals surface area contributed by atoms with Crippen molar-refractivity contribution in [2.45, 2.75) is 26.7 Å². The van der Waals surface area contributed by atoms with E-state index in [1.807, 2.05) is 32.0 Å². The molecule has 0 spiro atoms. The zero-order chi connectivity index (χ0) is 12.9. The molecule has 0 aliphatic rings. The normalized spacial score (nSPS) is 11.5. The van der Waals surface area contributed by atoms with Gasteiger partial charge in [0.05, 0.1) is 12.4 Å². The lowest BCUT2D eigenvalue weighted by molar-refractivity contribution is 0.307. The summed E-state index contributed by atoms with van der Waals surface area (Å²) in [5.74, 6) is 0.865. The fourth-order valence-corrected chi connectivity index (χ4v) is 2.32. The second kappa shape index (κ2) is 6.26. The summed E-state index contributed by atoms with van der Waals surface area (Å²) in [6, 6.07) is 5.89. The maximum atomic E-state index is 10.7. The molecule has 0 N–H and O–H groups in total. The fourth-order valence-electron chi connectivity index (χ4n) is 1.44. The maximum absolute atomic E-state index is 10.7. The zero-order valence-electron chi connectivity index (χ0n) is 10.1. The van der Waals surface area contributed by atoms with E-state index in [9.17, 15) is 8.42 Å². The first-order chi connectivity index (χ1) is 7.90. The van der Waals surface area contributed by atoms with E-state index in [2.05, 4.69) is 0 Å². The molecule has 5 heteroatoms. The maximum Gasteiger partial charge on any atom is 0.232 e. The van der Waals surface area contributed by atoms with Crippen molar-refractivity contribution in [3.05, 3.63) is 29.3 Å². The molecule has 1 aromatic rings. The van der Waals surface area contributed by atoms with E-state index in [0.717, 1.165) is 11.3 Å². The van der Waals surface area contributed by atoms with Crippen molar-refractivity contribution in [2.24, 2.45) is 0 Å². The summed E-state index contributed by atoms with van der Waals surface area (Å²) in [4.78, 5) is 0. The Morgan fingerprint density at radius 2 is 1.94 bits per heavy atom. The smallest absolute Gasteiger partial charge is 0.232 e. The van der Waals surface area contributed by atoms with Gasteiger partial charge in [-0.25, -0.2) is 8.42 Å². The van der Waals surface area contributed by atoms with Crippen LogP contribution in [0.2, 0.25) is 0 Å². The summed E-state index contributed by atoms with van der Waals surface area (Å²) in [5.41, 5.74) is 2.31. The molecular weight excluding hydrogens is 260 g/mol. The number of ether oxygens (including phenoxy) is 1. The molecule has 0 saturated heterocycles. The number of hydrogen-bond acceptors (Lipinski definition) is 3. The molecular formula is C12H17ClO3S. The van der Waals surface area contributed by atoms with Crippen LogP contribution in [0.15, 0.2) is 18.2 Å². The van der Waals surface area contributed by atoms with Gasteiger partial charge in [-0.05, 0) is 43.9 Å². The van der Waals surface area contributed by atoms with E-state index in [1.165, 1.54) is 5.56 Å². The van der Waals surface area contributed by atoms with Gasteiger partial charge < -0.3 is 4.74 Å². The Bertz CT molecular complexity index is 469. The molecule has 0 radical (unpaired) electrons. The summed E-state index contributed by atoms with van der Waals surface area (Å²) in [6.45, 7) is 4.55. The Kier molecular flexibility index (Phi) is 5.28. The molecule has 0 amide bonds. The summed E-state index contributed by atoms with van der Waals surface area (Å²) >= 11 is 0. The van der Waals surface area contributed by atoms with Gasteiger partial charge in [0.15, 0.2) is 0 Å². The van der Waals surface area contributed by atoms with E-state index >= 15 is 0 Å². The number of hydrogen-bond donors (Lipinski definition) is 0. The Morgan fingerprint density at radius 1 is 1.24 bits per heavy atom. The molecule has 3 nitrogen and oxygen atoms in total. The lowest BCUT2D eigenvalue weighted by atomic mass is 10.1. The average molecular weight is 277 g/mol. The fraction of sp³-hybridized carbons (Fsp3) is 0.500. The van der Waals surface area contributed by atoms with Crippen molar-refractivity contribution in [3.8, 4) is 5.75 Å². The molecule has 0 fully saturated rings. The Morgan fingerprint density at radius 3 is 2.59 bits per heavy atom. The van der Waals surface area contributed by atoms with Crippen LogP contribution < -0.4 is 4.74 Å². The van der Waals surface area contributed by atoms with Gasteiger partial charge in [-0.1, -0.05) is 12.1 Å². The number of halogens is 1. The first kappa shape index (κ1) is 14.3. The van der Waals surface area contributed by atoms with E-state index < -0.39 is 9.05 Å². The first-order valence-corrected chi connectivity index (χ1v) is 7.99. The minimum atomic E-state index is -3.37. The van der Waals surface area contributed by atoms with Crippen molar-refractivity contribution in [1.82, 2.24) is 0 Å². The molecule has 0 aliphatic heterocycles. The van der Waals surface area contributed by atoms with Gasteiger partial charge in [0, 0.05) is 10.7 Å². The average Bonchev–Trinajstić information content (AvgIpc) is 2.22. The lowest BCUT2D eigenvalue weighted by Crippen LogP contribution is -2.03. The Hall–Kier alpha value is -0.740. The van der Waals surface area contributed by atoms with Crippen LogP contribution in [0.1, 0.15) is 24.0 Å². The summed E-state index contributed by atoms with van der Waals surface area (Å²) in [6.07, 6.45) is 1.20. The third kappa shape index (κ3) is 5.41. The van der Waals surface area contributed by atoms with Crippen molar-refractivity contribution >= 4 is 19.7 Å². The van der Waals surface area contributed by atoms with Crippen molar-refractivity contribution in [3.63, 3.8) is 0 Å². The predicted octanol–water partition coefficient (Wildman–Crippen LogP) is 3.03. The summed E-state index contributed by atoms with van der Waals surface area (Å²) in [7, 11) is 1.74. The second-order valence-corrected chi connectivity index (χ2v) is 6.89. The standard InChI is InChI=1S/C12H17ClO3S/c1-10-6-5-7-12(11(10)2)16-8-3-4-9-17(13,14)15/h5-7H,3-4,8-9H2,1-2H3. The van der Waals surface area contributed by atoms with Crippen LogP contribution >= 0.6 is 10.7 Å². The highest BCUT2D eigenvalue weighted by Gasteiger charge is 2.05. The van der Waals surface area contributed by atoms with Gasteiger partial charge in [0.25, 0.3) is 0 Å². The topological polar surface area (TPSA) is 43.4 Å². The van der Waals surface area contributed by atoms with Crippen molar-refractivity contribution < 1.29 is 13.2 Å². The predicted molar refractivity (Wildman–Crippen MR) is 70.3 cm³/mol. The van der Waals surface area contributed by atoms with Gasteiger partial charge in [-0.15, -0.1) is 0 Å². The minimum absolute atomic E-state index is 0.00468. The lowest BCUT2D eigenvalue weighted by Gasteiger charge is -2.10. The van der Waals surface area contributed by atoms with Crippen LogP contribution in [0.25, 0.3) is 0 Å². The van der Waals surface area contributed by atoms with Crippen molar-refractivity contribution in [1.29, 1.82) is 0 Å². The van der Waals surface area contributed by atoms with Crippen LogP contribution in [0.4, 0.5) is 0 Å². The third-order valence-electron chi connectivity index (χ3n) is 2.59. The highest BCUT2D eigenvalue weighted by molar-refractivity contribution is 8.13. The summed E-state index contributed by atoms with van der Waals surface area (Å²) in [5, 5.41) is 0. The SMILES string of the molecule is Cc1cccc(OCCCCS(=O)(=O)Cl)c1C. The number of aryl methyl sites for hydroxylation is 1. The van der Waals surface area contributed by atoms with Gasteiger partial charge >= 0.3 is 0 Å². The highest BCUT2D eigenvalue weighted by atomic mass is 35.7. The second-order valence-electron chi connectivity index (χ2n) is 4.00. The molecule has 96 valence electrons. The van der Waals surface area contributed by atoms with E-state index in [0.29, 0.717) is 19.4 Å².